The number of hydrogen-bond acceptors (Lipinski definition) is 4. The number of nitrogens with zero attached hydrogens (tertiary/aromatic N) is 1. The summed E-state index contributed by atoms with van der Waals surface area (Å²) >= 11 is 0. The van der Waals surface area contributed by atoms with Gasteiger partial charge in [-0.05, 0) is 18.6 Å². The smallest absolute Gasteiger partial charge is 0.265 e. The molecular weight excluding hydrogens is 244 g/mol. The van der Waals surface area contributed by atoms with Gasteiger partial charge < -0.3 is 19.7 Å². The van der Waals surface area contributed by atoms with Gasteiger partial charge in [0.1, 0.15) is 5.75 Å². The fraction of sp³-hybridized carbons (Fsp3) is 0.500. The average Bonchev–Trinajstić information content (AvgIpc) is 2.75. The molecule has 5 nitrogen and oxygen atoms in total. The Labute approximate surface area is 112 Å². The van der Waals surface area contributed by atoms with E-state index < -0.39 is 6.10 Å². The fourth-order valence-corrected chi connectivity index (χ4v) is 2.42. The number of ether oxygens (including phenoxy) is 2. The molecule has 0 saturated carbocycles. The van der Waals surface area contributed by atoms with E-state index in [2.05, 4.69) is 5.32 Å². The number of rotatable bonds is 1. The molecule has 1 saturated heterocycles. The number of fused-ring (bicyclic) bond motifs is 1. The summed E-state index contributed by atoms with van der Waals surface area (Å²) in [6, 6.07) is 7.69. The molecule has 1 fully saturated rings. The number of amides is 1. The third kappa shape index (κ3) is 2.66. The summed E-state index contributed by atoms with van der Waals surface area (Å²) in [5, 5.41) is 3.24. The number of carbonyl (C=O) groups is 1. The third-order valence-electron chi connectivity index (χ3n) is 3.44. The lowest BCUT2D eigenvalue weighted by molar-refractivity contribution is -0.138. The van der Waals surface area contributed by atoms with Crippen LogP contribution < -0.4 is 10.1 Å². The van der Waals surface area contributed by atoms with Crippen LogP contribution in [0.25, 0.3) is 0 Å². The van der Waals surface area contributed by atoms with Crippen molar-refractivity contribution >= 4 is 11.6 Å². The molecule has 2 aliphatic rings. The first kappa shape index (κ1) is 12.3. The summed E-state index contributed by atoms with van der Waals surface area (Å²) < 4.78 is 11.2. The molecule has 3 rings (SSSR count). The van der Waals surface area contributed by atoms with E-state index in [0.717, 1.165) is 31.0 Å². The maximum atomic E-state index is 12.4. The van der Waals surface area contributed by atoms with Crippen molar-refractivity contribution in [1.82, 2.24) is 4.90 Å². The Morgan fingerprint density at radius 3 is 3.11 bits per heavy atom. The van der Waals surface area contributed by atoms with Crippen molar-refractivity contribution in [3.05, 3.63) is 24.3 Å². The standard InChI is InChI=1S/C14H18N2O3/c17-14(16-6-3-8-18-9-7-16)13-10-15-11-4-1-2-5-12(11)19-13/h1-2,4-5,13,15H,3,6-10H2. The highest BCUT2D eigenvalue weighted by Gasteiger charge is 2.29. The summed E-state index contributed by atoms with van der Waals surface area (Å²) in [4.78, 5) is 14.3. The Kier molecular flexibility index (Phi) is 3.55. The van der Waals surface area contributed by atoms with Gasteiger partial charge in [0.2, 0.25) is 0 Å². The summed E-state index contributed by atoms with van der Waals surface area (Å²) in [5.74, 6) is 0.797. The molecule has 2 heterocycles. The maximum absolute atomic E-state index is 12.4. The van der Waals surface area contributed by atoms with E-state index in [-0.39, 0.29) is 5.91 Å². The van der Waals surface area contributed by atoms with Crippen LogP contribution in [-0.2, 0) is 9.53 Å². The number of para-hydroxylation sites is 2. The van der Waals surface area contributed by atoms with Gasteiger partial charge in [0, 0.05) is 19.7 Å². The number of carbonyl (C=O) groups excluding carboxylic acids is 1. The third-order valence-corrected chi connectivity index (χ3v) is 3.44. The van der Waals surface area contributed by atoms with E-state index in [1.54, 1.807) is 0 Å². The normalized spacial score (nSPS) is 22.7. The molecule has 2 aliphatic heterocycles. The summed E-state index contributed by atoms with van der Waals surface area (Å²) in [5.41, 5.74) is 0.950. The van der Waals surface area contributed by atoms with Gasteiger partial charge in [0.25, 0.3) is 5.91 Å². The van der Waals surface area contributed by atoms with Crippen LogP contribution in [0.15, 0.2) is 24.3 Å². The van der Waals surface area contributed by atoms with Crippen LogP contribution >= 0.6 is 0 Å². The lowest BCUT2D eigenvalue weighted by Crippen LogP contribution is -2.47. The van der Waals surface area contributed by atoms with Crippen molar-refractivity contribution in [2.75, 3.05) is 38.2 Å². The molecule has 1 N–H and O–H groups in total. The van der Waals surface area contributed by atoms with Crippen molar-refractivity contribution < 1.29 is 14.3 Å². The first-order valence-corrected chi connectivity index (χ1v) is 6.71. The predicted molar refractivity (Wildman–Crippen MR) is 71.4 cm³/mol. The molecule has 5 heteroatoms. The predicted octanol–water partition coefficient (Wildman–Crippen LogP) is 1.11. The molecule has 0 aromatic heterocycles. The van der Waals surface area contributed by atoms with Gasteiger partial charge in [-0.3, -0.25) is 4.79 Å². The molecule has 19 heavy (non-hydrogen) atoms. The summed E-state index contributed by atoms with van der Waals surface area (Å²) in [6.07, 6.45) is 0.454. The SMILES string of the molecule is O=C(C1CNc2ccccc2O1)N1CCCOCC1. The molecule has 1 aromatic carbocycles. The van der Waals surface area contributed by atoms with Gasteiger partial charge in [-0.15, -0.1) is 0 Å². The van der Waals surface area contributed by atoms with Gasteiger partial charge in [-0.25, -0.2) is 0 Å². The van der Waals surface area contributed by atoms with Gasteiger partial charge in [-0.1, -0.05) is 12.1 Å². The zero-order valence-electron chi connectivity index (χ0n) is 10.8. The van der Waals surface area contributed by atoms with Crippen LogP contribution in [-0.4, -0.2) is 49.8 Å². The van der Waals surface area contributed by atoms with Gasteiger partial charge in [0.05, 0.1) is 18.8 Å². The lowest BCUT2D eigenvalue weighted by Gasteiger charge is -2.30. The van der Waals surface area contributed by atoms with E-state index >= 15 is 0 Å². The second-order valence-electron chi connectivity index (χ2n) is 4.77. The molecule has 102 valence electrons. The van der Waals surface area contributed by atoms with Crippen LogP contribution in [0.5, 0.6) is 5.75 Å². The van der Waals surface area contributed by atoms with Crippen LogP contribution in [0.4, 0.5) is 5.69 Å². The van der Waals surface area contributed by atoms with E-state index in [4.69, 9.17) is 9.47 Å². The summed E-state index contributed by atoms with van der Waals surface area (Å²) in [7, 11) is 0. The zero-order chi connectivity index (χ0) is 13.1. The van der Waals surface area contributed by atoms with Crippen LogP contribution in [0.3, 0.4) is 0 Å². The Balaban J connectivity index is 1.68. The van der Waals surface area contributed by atoms with Crippen molar-refractivity contribution in [3.8, 4) is 5.75 Å². The average molecular weight is 262 g/mol. The Morgan fingerprint density at radius 2 is 2.16 bits per heavy atom. The van der Waals surface area contributed by atoms with Crippen molar-refractivity contribution in [3.63, 3.8) is 0 Å². The molecule has 0 bridgehead atoms. The van der Waals surface area contributed by atoms with E-state index in [1.807, 2.05) is 29.2 Å². The molecule has 1 aromatic rings. The van der Waals surface area contributed by atoms with Crippen LogP contribution in [0, 0.1) is 0 Å². The van der Waals surface area contributed by atoms with Crippen molar-refractivity contribution in [1.29, 1.82) is 0 Å². The Bertz CT molecular complexity index is 456. The minimum Gasteiger partial charge on any atom is -0.477 e. The second kappa shape index (κ2) is 5.48. The van der Waals surface area contributed by atoms with Crippen LogP contribution in [0.1, 0.15) is 6.42 Å². The number of hydrogen-bond donors (Lipinski definition) is 1. The zero-order valence-corrected chi connectivity index (χ0v) is 10.8. The Morgan fingerprint density at radius 1 is 1.26 bits per heavy atom. The highest BCUT2D eigenvalue weighted by Crippen LogP contribution is 2.28. The highest BCUT2D eigenvalue weighted by atomic mass is 16.5. The molecule has 0 aliphatic carbocycles. The van der Waals surface area contributed by atoms with Crippen molar-refractivity contribution in [2.24, 2.45) is 0 Å². The van der Waals surface area contributed by atoms with Gasteiger partial charge in [0.15, 0.2) is 6.10 Å². The van der Waals surface area contributed by atoms with Crippen LogP contribution in [0.2, 0.25) is 0 Å². The molecule has 1 atom stereocenters. The van der Waals surface area contributed by atoms with E-state index in [1.165, 1.54) is 0 Å². The quantitative estimate of drug-likeness (QED) is 0.823. The molecule has 0 spiro atoms. The number of nitrogens with one attached hydrogen (secondary N) is 1. The van der Waals surface area contributed by atoms with Crippen molar-refractivity contribution in [2.45, 2.75) is 12.5 Å². The van der Waals surface area contributed by atoms with Gasteiger partial charge in [-0.2, -0.15) is 0 Å². The molecular formula is C14H18N2O3. The fourth-order valence-electron chi connectivity index (χ4n) is 2.42. The molecule has 1 amide bonds. The molecule has 1 unspecified atom stereocenters. The van der Waals surface area contributed by atoms with E-state index in [9.17, 15) is 4.79 Å². The Hall–Kier alpha value is -1.75. The number of anilines is 1. The lowest BCUT2D eigenvalue weighted by atomic mass is 10.2. The first-order valence-electron chi connectivity index (χ1n) is 6.71. The van der Waals surface area contributed by atoms with Gasteiger partial charge >= 0.3 is 0 Å². The van der Waals surface area contributed by atoms with E-state index in [0.29, 0.717) is 19.7 Å². The summed E-state index contributed by atoms with van der Waals surface area (Å²) in [6.45, 7) is 3.27. The number of benzene rings is 1. The minimum absolute atomic E-state index is 0.0486. The largest absolute Gasteiger partial charge is 0.477 e. The monoisotopic (exact) mass is 262 g/mol. The minimum atomic E-state index is -0.437. The topological polar surface area (TPSA) is 50.8 Å². The molecule has 0 radical (unpaired) electrons. The second-order valence-corrected chi connectivity index (χ2v) is 4.77. The highest BCUT2D eigenvalue weighted by molar-refractivity contribution is 5.83. The maximum Gasteiger partial charge on any atom is 0.265 e. The first-order chi connectivity index (χ1) is 9.34.